The van der Waals surface area contributed by atoms with Gasteiger partial charge in [0, 0.05) is 0 Å². The number of benzene rings is 2. The Hall–Kier alpha value is -2.36. The third-order valence-corrected chi connectivity index (χ3v) is 6.54. The van der Waals surface area contributed by atoms with Gasteiger partial charge in [0.15, 0.2) is 17.5 Å². The fourth-order valence-corrected chi connectivity index (χ4v) is 5.21. The van der Waals surface area contributed by atoms with Gasteiger partial charge >= 0.3 is 5.97 Å². The number of thiocarbonyl (C=S) groups is 1. The van der Waals surface area contributed by atoms with Crippen LogP contribution >= 0.6 is 39.9 Å². The summed E-state index contributed by atoms with van der Waals surface area (Å²) >= 11 is 10.2. The molecule has 1 fully saturated rings. The summed E-state index contributed by atoms with van der Waals surface area (Å²) in [6.45, 7) is 6.67. The zero-order chi connectivity index (χ0) is 24.0. The number of rotatable bonds is 9. The van der Waals surface area contributed by atoms with E-state index >= 15 is 0 Å². The normalized spacial score (nSPS) is 15.6. The molecule has 6 nitrogen and oxygen atoms in total. The van der Waals surface area contributed by atoms with Crippen molar-refractivity contribution in [2.45, 2.75) is 26.8 Å². The van der Waals surface area contributed by atoms with Gasteiger partial charge in [-0.2, -0.15) is 0 Å². The van der Waals surface area contributed by atoms with Crippen molar-refractivity contribution in [2.24, 2.45) is 0 Å². The van der Waals surface area contributed by atoms with Gasteiger partial charge in [-0.15, -0.1) is 0 Å². The van der Waals surface area contributed by atoms with Crippen molar-refractivity contribution in [1.82, 2.24) is 4.90 Å². The molecule has 1 amide bonds. The first-order valence-electron chi connectivity index (χ1n) is 10.5. The minimum atomic E-state index is -0.949. The monoisotopic (exact) mass is 549 g/mol. The maximum atomic E-state index is 13.4. The van der Waals surface area contributed by atoms with Crippen molar-refractivity contribution in [2.75, 3.05) is 19.8 Å². The van der Waals surface area contributed by atoms with Gasteiger partial charge in [0.1, 0.15) is 4.32 Å². The molecule has 0 spiro atoms. The number of thioether (sulfide) groups is 1. The second-order valence-electron chi connectivity index (χ2n) is 6.81. The summed E-state index contributed by atoms with van der Waals surface area (Å²) in [5.74, 6) is 0.304. The topological polar surface area (TPSA) is 65.1 Å². The molecule has 1 aliphatic heterocycles. The van der Waals surface area contributed by atoms with Gasteiger partial charge in [-0.1, -0.05) is 54.3 Å². The lowest BCUT2D eigenvalue weighted by Crippen LogP contribution is -2.38. The molecular weight excluding hydrogens is 526 g/mol. The molecule has 9 heteroatoms. The number of carbonyl (C=O) groups is 2. The Labute approximate surface area is 211 Å². The van der Waals surface area contributed by atoms with E-state index in [0.29, 0.717) is 44.0 Å². The van der Waals surface area contributed by atoms with Crippen molar-refractivity contribution >= 4 is 62.2 Å². The minimum absolute atomic E-state index is 0.202. The van der Waals surface area contributed by atoms with Gasteiger partial charge in [-0.25, -0.2) is 4.79 Å². The van der Waals surface area contributed by atoms with Gasteiger partial charge < -0.3 is 14.2 Å². The van der Waals surface area contributed by atoms with Crippen LogP contribution in [0.2, 0.25) is 0 Å². The smallest absolute Gasteiger partial charge is 0.333 e. The van der Waals surface area contributed by atoms with E-state index in [4.69, 9.17) is 26.4 Å². The second-order valence-corrected chi connectivity index (χ2v) is 9.34. The number of hydrogen-bond donors (Lipinski definition) is 0. The van der Waals surface area contributed by atoms with Crippen LogP contribution in [-0.2, 0) is 14.3 Å². The Morgan fingerprint density at radius 3 is 2.45 bits per heavy atom. The predicted molar refractivity (Wildman–Crippen MR) is 137 cm³/mol. The number of nitrogens with zero attached hydrogens (tertiary/aromatic N) is 1. The Morgan fingerprint density at radius 2 is 1.82 bits per heavy atom. The zero-order valence-electron chi connectivity index (χ0n) is 18.5. The van der Waals surface area contributed by atoms with Gasteiger partial charge in [-0.05, 0) is 66.0 Å². The Morgan fingerprint density at radius 1 is 1.12 bits per heavy atom. The highest BCUT2D eigenvalue weighted by atomic mass is 79.9. The number of halogens is 1. The molecule has 2 aromatic rings. The summed E-state index contributed by atoms with van der Waals surface area (Å²) < 4.78 is 17.7. The molecule has 0 bridgehead atoms. The number of amides is 1. The summed E-state index contributed by atoms with van der Waals surface area (Å²) in [5, 5.41) is 0. The second kappa shape index (κ2) is 11.7. The van der Waals surface area contributed by atoms with Gasteiger partial charge in [0.25, 0.3) is 5.91 Å². The van der Waals surface area contributed by atoms with Crippen LogP contribution in [0.3, 0.4) is 0 Å². The first-order chi connectivity index (χ1) is 15.9. The molecule has 2 aromatic carbocycles. The Bertz CT molecular complexity index is 1070. The van der Waals surface area contributed by atoms with E-state index in [9.17, 15) is 9.59 Å². The van der Waals surface area contributed by atoms with Crippen molar-refractivity contribution in [3.8, 4) is 11.5 Å². The van der Waals surface area contributed by atoms with Gasteiger partial charge in [0.2, 0.25) is 0 Å². The molecule has 3 rings (SSSR count). The molecule has 33 heavy (non-hydrogen) atoms. The molecule has 0 aliphatic carbocycles. The first kappa shape index (κ1) is 25.3. The average Bonchev–Trinajstić information content (AvgIpc) is 3.05. The maximum Gasteiger partial charge on any atom is 0.333 e. The van der Waals surface area contributed by atoms with E-state index in [-0.39, 0.29) is 12.5 Å². The van der Waals surface area contributed by atoms with Crippen LogP contribution in [0.5, 0.6) is 11.5 Å². The quantitative estimate of drug-likeness (QED) is 0.224. The SMILES string of the molecule is CCOC(=O)C(c1ccccc1)N1C(=O)/C(=C/c2cc(Br)c(OCC)c(OCC)c2)SC1=S. The van der Waals surface area contributed by atoms with Crippen molar-refractivity contribution in [1.29, 1.82) is 0 Å². The molecular formula is C24H24BrNO5S2. The van der Waals surface area contributed by atoms with E-state index in [1.165, 1.54) is 4.90 Å². The van der Waals surface area contributed by atoms with Crippen LogP contribution in [0.1, 0.15) is 37.9 Å². The molecule has 1 atom stereocenters. The summed E-state index contributed by atoms with van der Waals surface area (Å²) in [7, 11) is 0. The summed E-state index contributed by atoms with van der Waals surface area (Å²) in [6, 6.07) is 11.7. The number of carbonyl (C=O) groups excluding carboxylic acids is 2. The molecule has 0 aromatic heterocycles. The molecule has 1 saturated heterocycles. The van der Waals surface area contributed by atoms with Gasteiger partial charge in [0.05, 0.1) is 29.2 Å². The number of esters is 1. The molecule has 0 saturated carbocycles. The largest absolute Gasteiger partial charge is 0.490 e. The van der Waals surface area contributed by atoms with Crippen LogP contribution in [-0.4, -0.2) is 40.9 Å². The molecule has 1 aliphatic rings. The van der Waals surface area contributed by atoms with E-state index in [1.54, 1.807) is 25.1 Å². The van der Waals surface area contributed by atoms with Crippen molar-refractivity contribution < 1.29 is 23.8 Å². The lowest BCUT2D eigenvalue weighted by atomic mass is 10.1. The predicted octanol–water partition coefficient (Wildman–Crippen LogP) is 5.75. The number of hydrogen-bond acceptors (Lipinski definition) is 7. The molecule has 1 unspecified atom stereocenters. The Balaban J connectivity index is 1.98. The van der Waals surface area contributed by atoms with E-state index in [0.717, 1.165) is 17.3 Å². The highest BCUT2D eigenvalue weighted by molar-refractivity contribution is 9.10. The van der Waals surface area contributed by atoms with Crippen LogP contribution in [0, 0.1) is 0 Å². The van der Waals surface area contributed by atoms with Crippen molar-refractivity contribution in [3.05, 3.63) is 63.0 Å². The highest BCUT2D eigenvalue weighted by Gasteiger charge is 2.42. The van der Waals surface area contributed by atoms with E-state index in [2.05, 4.69) is 15.9 Å². The first-order valence-corrected chi connectivity index (χ1v) is 12.5. The standard InChI is InChI=1S/C24H24BrNO5S2/c1-4-29-18-13-15(12-17(25)21(18)30-5-2)14-19-22(27)26(24(32)33-19)20(23(28)31-6-3)16-10-8-7-9-11-16/h7-14,20H,4-6H2,1-3H3/b19-14-. The molecule has 1 heterocycles. The van der Waals surface area contributed by atoms with Crippen LogP contribution < -0.4 is 9.47 Å². The van der Waals surface area contributed by atoms with Crippen LogP contribution in [0.25, 0.3) is 6.08 Å². The molecule has 0 N–H and O–H groups in total. The average molecular weight is 550 g/mol. The molecule has 174 valence electrons. The lowest BCUT2D eigenvalue weighted by Gasteiger charge is -2.25. The van der Waals surface area contributed by atoms with E-state index in [1.807, 2.05) is 44.2 Å². The van der Waals surface area contributed by atoms with Crippen molar-refractivity contribution in [3.63, 3.8) is 0 Å². The maximum absolute atomic E-state index is 13.4. The van der Waals surface area contributed by atoms with Gasteiger partial charge in [-0.3, -0.25) is 9.69 Å². The summed E-state index contributed by atoms with van der Waals surface area (Å²) in [4.78, 5) is 27.9. The third kappa shape index (κ3) is 5.77. The fraction of sp³-hybridized carbons (Fsp3) is 0.292. The van der Waals surface area contributed by atoms with E-state index < -0.39 is 12.0 Å². The minimum Gasteiger partial charge on any atom is -0.490 e. The summed E-state index contributed by atoms with van der Waals surface area (Å²) in [5.41, 5.74) is 1.37. The highest BCUT2D eigenvalue weighted by Crippen LogP contribution is 2.41. The number of ether oxygens (including phenoxy) is 3. The fourth-order valence-electron chi connectivity index (χ4n) is 3.32. The molecule has 0 radical (unpaired) electrons. The lowest BCUT2D eigenvalue weighted by molar-refractivity contribution is -0.151. The summed E-state index contributed by atoms with van der Waals surface area (Å²) in [6.07, 6.45) is 1.73. The van der Waals surface area contributed by atoms with Crippen LogP contribution in [0.15, 0.2) is 51.8 Å². The Kier molecular flexibility index (Phi) is 8.94. The third-order valence-electron chi connectivity index (χ3n) is 4.63. The zero-order valence-corrected chi connectivity index (χ0v) is 21.7. The van der Waals surface area contributed by atoms with Crippen LogP contribution in [0.4, 0.5) is 0 Å².